The Kier molecular flexibility index (Phi) is 8.09. The first kappa shape index (κ1) is 18.3. The second-order valence-corrected chi connectivity index (χ2v) is 5.89. The molecule has 1 atom stereocenters. The maximum atomic E-state index is 5.91. The highest BCUT2D eigenvalue weighted by atomic mass is 35.5. The van der Waals surface area contributed by atoms with Gasteiger partial charge in [0, 0.05) is 18.2 Å². The van der Waals surface area contributed by atoms with Gasteiger partial charge in [0.15, 0.2) is 0 Å². The van der Waals surface area contributed by atoms with Crippen molar-refractivity contribution in [3.63, 3.8) is 0 Å². The third-order valence-electron chi connectivity index (χ3n) is 3.83. The van der Waals surface area contributed by atoms with Gasteiger partial charge in [-0.3, -0.25) is 4.90 Å². The highest BCUT2D eigenvalue weighted by molar-refractivity contribution is 5.85. The second-order valence-electron chi connectivity index (χ2n) is 5.89. The van der Waals surface area contributed by atoms with Crippen molar-refractivity contribution in [1.82, 2.24) is 4.90 Å². The van der Waals surface area contributed by atoms with Crippen LogP contribution in [-0.4, -0.2) is 30.6 Å². The third kappa shape index (κ3) is 5.85. The van der Waals surface area contributed by atoms with Crippen molar-refractivity contribution in [3.05, 3.63) is 29.3 Å². The lowest BCUT2D eigenvalue weighted by Gasteiger charge is -2.27. The highest BCUT2D eigenvalue weighted by Gasteiger charge is 2.14. The van der Waals surface area contributed by atoms with E-state index in [2.05, 4.69) is 30.0 Å². The summed E-state index contributed by atoms with van der Waals surface area (Å²) in [5.74, 6) is 1.03. The van der Waals surface area contributed by atoms with Gasteiger partial charge in [0.05, 0.1) is 6.61 Å². The number of hydrogen-bond donors (Lipinski definition) is 1. The molecule has 1 fully saturated rings. The van der Waals surface area contributed by atoms with E-state index in [0.29, 0.717) is 0 Å². The highest BCUT2D eigenvalue weighted by Crippen LogP contribution is 2.24. The summed E-state index contributed by atoms with van der Waals surface area (Å²) in [6, 6.07) is 6.74. The Morgan fingerprint density at radius 3 is 2.57 bits per heavy atom. The molecule has 4 heteroatoms. The maximum Gasteiger partial charge on any atom is 0.123 e. The number of rotatable bonds is 6. The number of hydrogen-bond acceptors (Lipinski definition) is 3. The van der Waals surface area contributed by atoms with Crippen molar-refractivity contribution in [2.75, 3.05) is 19.7 Å². The van der Waals surface area contributed by atoms with Crippen LogP contribution < -0.4 is 10.5 Å². The standard InChI is InChI=1S/C17H28N2O.ClH/c1-3-20-17-8-7-15(11-14(2)18)12-16(17)13-19-9-5-4-6-10-19;/h7-8,12,14H,3-6,9-11,13,18H2,1-2H3;1H. The summed E-state index contributed by atoms with van der Waals surface area (Å²) >= 11 is 0. The van der Waals surface area contributed by atoms with Crippen molar-refractivity contribution >= 4 is 12.4 Å². The number of nitrogens with two attached hydrogens (primary N) is 1. The molecule has 0 radical (unpaired) electrons. The average Bonchev–Trinajstić information content (AvgIpc) is 2.42. The van der Waals surface area contributed by atoms with Gasteiger partial charge in [0.25, 0.3) is 0 Å². The normalized spacial score (nSPS) is 17.1. The Morgan fingerprint density at radius 2 is 1.95 bits per heavy atom. The molecule has 0 spiro atoms. The molecule has 0 saturated carbocycles. The number of nitrogens with zero attached hydrogens (tertiary/aromatic N) is 1. The minimum atomic E-state index is 0. The van der Waals surface area contributed by atoms with Gasteiger partial charge >= 0.3 is 0 Å². The van der Waals surface area contributed by atoms with E-state index in [4.69, 9.17) is 10.5 Å². The van der Waals surface area contributed by atoms with Gasteiger partial charge in [-0.2, -0.15) is 0 Å². The molecule has 1 unspecified atom stereocenters. The van der Waals surface area contributed by atoms with Crippen LogP contribution in [0.1, 0.15) is 44.2 Å². The first-order valence-electron chi connectivity index (χ1n) is 7.91. The molecule has 1 heterocycles. The molecule has 2 rings (SSSR count). The average molecular weight is 313 g/mol. The zero-order chi connectivity index (χ0) is 14.4. The molecule has 3 nitrogen and oxygen atoms in total. The predicted molar refractivity (Wildman–Crippen MR) is 91.3 cm³/mol. The lowest BCUT2D eigenvalue weighted by atomic mass is 10.0. The van der Waals surface area contributed by atoms with Gasteiger partial charge in [-0.05, 0) is 57.8 Å². The van der Waals surface area contributed by atoms with Crippen LogP contribution in [0.4, 0.5) is 0 Å². The van der Waals surface area contributed by atoms with E-state index in [-0.39, 0.29) is 18.4 Å². The van der Waals surface area contributed by atoms with E-state index in [9.17, 15) is 0 Å². The quantitative estimate of drug-likeness (QED) is 0.875. The largest absolute Gasteiger partial charge is 0.494 e. The summed E-state index contributed by atoms with van der Waals surface area (Å²) < 4.78 is 5.78. The molecular weight excluding hydrogens is 284 g/mol. The molecular formula is C17H29ClN2O. The Bertz CT molecular complexity index is 417. The zero-order valence-corrected chi connectivity index (χ0v) is 14.1. The van der Waals surface area contributed by atoms with Gasteiger partial charge in [0.1, 0.15) is 5.75 Å². The molecule has 1 aliphatic rings. The fourth-order valence-corrected chi connectivity index (χ4v) is 2.91. The minimum Gasteiger partial charge on any atom is -0.494 e. The Labute approximate surface area is 135 Å². The lowest BCUT2D eigenvalue weighted by Crippen LogP contribution is -2.29. The third-order valence-corrected chi connectivity index (χ3v) is 3.83. The van der Waals surface area contributed by atoms with Crippen LogP contribution in [0.5, 0.6) is 5.75 Å². The summed E-state index contributed by atoms with van der Waals surface area (Å²) in [6.07, 6.45) is 4.95. The Balaban J connectivity index is 0.00000220. The Hall–Kier alpha value is -0.770. The minimum absolute atomic E-state index is 0. The molecule has 0 bridgehead atoms. The fourth-order valence-electron chi connectivity index (χ4n) is 2.91. The van der Waals surface area contributed by atoms with Gasteiger partial charge in [-0.1, -0.05) is 18.6 Å². The molecule has 2 N–H and O–H groups in total. The second kappa shape index (κ2) is 9.29. The van der Waals surface area contributed by atoms with Crippen molar-refractivity contribution in [1.29, 1.82) is 0 Å². The molecule has 0 aliphatic carbocycles. The van der Waals surface area contributed by atoms with Crippen LogP contribution in [0, 0.1) is 0 Å². The monoisotopic (exact) mass is 312 g/mol. The molecule has 120 valence electrons. The number of halogens is 1. The fraction of sp³-hybridized carbons (Fsp3) is 0.647. The molecule has 0 amide bonds. The maximum absolute atomic E-state index is 5.91. The number of piperidine rings is 1. The predicted octanol–water partition coefficient (Wildman–Crippen LogP) is 3.38. The first-order valence-corrected chi connectivity index (χ1v) is 7.91. The van der Waals surface area contributed by atoms with Crippen molar-refractivity contribution in [2.24, 2.45) is 5.73 Å². The van der Waals surface area contributed by atoms with Crippen molar-refractivity contribution in [2.45, 2.75) is 52.1 Å². The summed E-state index contributed by atoms with van der Waals surface area (Å²) in [6.45, 7) is 8.25. The van der Waals surface area contributed by atoms with Gasteiger partial charge in [-0.25, -0.2) is 0 Å². The molecule has 21 heavy (non-hydrogen) atoms. The van der Waals surface area contributed by atoms with Crippen LogP contribution in [0.25, 0.3) is 0 Å². The zero-order valence-electron chi connectivity index (χ0n) is 13.3. The summed E-state index contributed by atoms with van der Waals surface area (Å²) in [5.41, 5.74) is 8.54. The smallest absolute Gasteiger partial charge is 0.123 e. The van der Waals surface area contributed by atoms with Crippen LogP contribution in [0.15, 0.2) is 18.2 Å². The number of ether oxygens (including phenoxy) is 1. The van der Waals surface area contributed by atoms with Gasteiger partial charge in [-0.15, -0.1) is 12.4 Å². The molecule has 1 aromatic rings. The Morgan fingerprint density at radius 1 is 1.24 bits per heavy atom. The molecule has 1 aliphatic heterocycles. The number of likely N-dealkylation sites (tertiary alicyclic amines) is 1. The molecule has 0 aromatic heterocycles. The molecule has 1 saturated heterocycles. The first-order chi connectivity index (χ1) is 9.69. The van der Waals surface area contributed by atoms with E-state index in [1.807, 2.05) is 6.92 Å². The lowest BCUT2D eigenvalue weighted by molar-refractivity contribution is 0.216. The van der Waals surface area contributed by atoms with Crippen LogP contribution in [-0.2, 0) is 13.0 Å². The van der Waals surface area contributed by atoms with Crippen LogP contribution >= 0.6 is 12.4 Å². The van der Waals surface area contributed by atoms with Crippen LogP contribution in [0.2, 0.25) is 0 Å². The molecule has 1 aromatic carbocycles. The van der Waals surface area contributed by atoms with Crippen LogP contribution in [0.3, 0.4) is 0 Å². The van der Waals surface area contributed by atoms with E-state index < -0.39 is 0 Å². The van der Waals surface area contributed by atoms with E-state index in [1.165, 1.54) is 43.5 Å². The van der Waals surface area contributed by atoms with Gasteiger partial charge < -0.3 is 10.5 Å². The van der Waals surface area contributed by atoms with Crippen molar-refractivity contribution < 1.29 is 4.74 Å². The van der Waals surface area contributed by atoms with Crippen molar-refractivity contribution in [3.8, 4) is 5.75 Å². The SMILES string of the molecule is CCOc1ccc(CC(C)N)cc1CN1CCCCC1.Cl. The topological polar surface area (TPSA) is 38.5 Å². The van der Waals surface area contributed by atoms with Gasteiger partial charge in [0.2, 0.25) is 0 Å². The summed E-state index contributed by atoms with van der Waals surface area (Å²) in [7, 11) is 0. The van der Waals surface area contributed by atoms with E-state index in [0.717, 1.165) is 25.3 Å². The number of benzene rings is 1. The summed E-state index contributed by atoms with van der Waals surface area (Å²) in [5, 5.41) is 0. The summed E-state index contributed by atoms with van der Waals surface area (Å²) in [4.78, 5) is 2.54. The van der Waals surface area contributed by atoms with E-state index >= 15 is 0 Å². The van der Waals surface area contributed by atoms with E-state index in [1.54, 1.807) is 0 Å².